The van der Waals surface area contributed by atoms with E-state index in [1.807, 2.05) is 25.7 Å². The van der Waals surface area contributed by atoms with E-state index in [2.05, 4.69) is 15.5 Å². The standard InChI is InChI=1S/C12H22N4O3/c1-4-13-9(3)11-14-15-12(19-11)16-5-10(6-17)18-7-8(16)2/h8-10,13,17H,4-7H2,1-3H3. The summed E-state index contributed by atoms with van der Waals surface area (Å²) in [6.07, 6.45) is -0.197. The molecule has 3 unspecified atom stereocenters. The zero-order chi connectivity index (χ0) is 13.8. The van der Waals surface area contributed by atoms with Crippen molar-refractivity contribution in [3.8, 4) is 0 Å². The first-order chi connectivity index (χ1) is 9.15. The molecule has 1 aliphatic rings. The second-order valence-corrected chi connectivity index (χ2v) is 4.84. The van der Waals surface area contributed by atoms with Gasteiger partial charge in [-0.05, 0) is 20.4 Å². The minimum absolute atomic E-state index is 0.00198. The van der Waals surface area contributed by atoms with E-state index in [0.717, 1.165) is 6.54 Å². The van der Waals surface area contributed by atoms with Gasteiger partial charge in [0.2, 0.25) is 5.89 Å². The van der Waals surface area contributed by atoms with Gasteiger partial charge in [-0.15, -0.1) is 5.10 Å². The molecule has 0 aromatic carbocycles. The van der Waals surface area contributed by atoms with E-state index in [4.69, 9.17) is 9.15 Å². The first-order valence-corrected chi connectivity index (χ1v) is 6.71. The van der Waals surface area contributed by atoms with Gasteiger partial charge in [0.1, 0.15) is 0 Å². The highest BCUT2D eigenvalue weighted by molar-refractivity contribution is 5.28. The summed E-state index contributed by atoms with van der Waals surface area (Å²) in [6, 6.07) is 0.691. The van der Waals surface area contributed by atoms with Gasteiger partial charge in [0.25, 0.3) is 0 Å². The molecule has 0 aliphatic carbocycles. The van der Waals surface area contributed by atoms with Crippen LogP contribution in [0.5, 0.6) is 0 Å². The van der Waals surface area contributed by atoms with Crippen molar-refractivity contribution in [3.05, 3.63) is 5.89 Å². The summed E-state index contributed by atoms with van der Waals surface area (Å²) in [5.74, 6) is 0.580. The Morgan fingerprint density at radius 1 is 1.53 bits per heavy atom. The van der Waals surface area contributed by atoms with Crippen molar-refractivity contribution in [1.29, 1.82) is 0 Å². The summed E-state index contributed by atoms with van der Waals surface area (Å²) in [7, 11) is 0. The van der Waals surface area contributed by atoms with Gasteiger partial charge >= 0.3 is 6.01 Å². The maximum Gasteiger partial charge on any atom is 0.318 e. The molecule has 2 N–H and O–H groups in total. The smallest absolute Gasteiger partial charge is 0.318 e. The molecule has 1 fully saturated rings. The Morgan fingerprint density at radius 3 is 3.00 bits per heavy atom. The van der Waals surface area contributed by atoms with Gasteiger partial charge in [0, 0.05) is 0 Å². The summed E-state index contributed by atoms with van der Waals surface area (Å²) in [4.78, 5) is 1.99. The first kappa shape index (κ1) is 14.2. The molecule has 1 saturated heterocycles. The van der Waals surface area contributed by atoms with Gasteiger partial charge in [-0.25, -0.2) is 0 Å². The second-order valence-electron chi connectivity index (χ2n) is 4.84. The number of hydrogen-bond donors (Lipinski definition) is 2. The van der Waals surface area contributed by atoms with Crippen molar-refractivity contribution in [2.45, 2.75) is 39.0 Å². The molecule has 108 valence electrons. The largest absolute Gasteiger partial charge is 0.406 e. The molecule has 1 aromatic heterocycles. The molecule has 0 amide bonds. The first-order valence-electron chi connectivity index (χ1n) is 6.71. The molecule has 7 nitrogen and oxygen atoms in total. The predicted octanol–water partition coefficient (Wildman–Crippen LogP) is 0.326. The van der Waals surface area contributed by atoms with Crippen molar-refractivity contribution in [3.63, 3.8) is 0 Å². The zero-order valence-electron chi connectivity index (χ0n) is 11.7. The van der Waals surface area contributed by atoms with Crippen LogP contribution in [0, 0.1) is 0 Å². The molecule has 7 heteroatoms. The van der Waals surface area contributed by atoms with Crippen LogP contribution in [0.2, 0.25) is 0 Å². The molecule has 0 saturated carbocycles. The van der Waals surface area contributed by atoms with E-state index in [1.165, 1.54) is 0 Å². The number of rotatable bonds is 5. The normalized spacial score (nSPS) is 25.6. The Balaban J connectivity index is 2.08. The highest BCUT2D eigenvalue weighted by atomic mass is 16.5. The number of nitrogens with zero attached hydrogens (tertiary/aromatic N) is 3. The van der Waals surface area contributed by atoms with Crippen LogP contribution in [-0.4, -0.2) is 53.8 Å². The summed E-state index contributed by atoms with van der Waals surface area (Å²) >= 11 is 0. The lowest BCUT2D eigenvalue weighted by Crippen LogP contribution is -2.49. The molecule has 0 bridgehead atoms. The van der Waals surface area contributed by atoms with Crippen molar-refractivity contribution >= 4 is 6.01 Å². The number of hydrogen-bond acceptors (Lipinski definition) is 7. The minimum atomic E-state index is -0.197. The molecule has 1 aromatic rings. The lowest BCUT2D eigenvalue weighted by molar-refractivity contribution is -0.0119. The minimum Gasteiger partial charge on any atom is -0.406 e. The third-order valence-corrected chi connectivity index (χ3v) is 3.27. The summed E-state index contributed by atoms with van der Waals surface area (Å²) < 4.78 is 11.2. The fourth-order valence-electron chi connectivity index (χ4n) is 2.11. The number of nitrogens with one attached hydrogen (secondary N) is 1. The van der Waals surface area contributed by atoms with E-state index < -0.39 is 0 Å². The summed E-state index contributed by atoms with van der Waals surface area (Å²) in [5.41, 5.74) is 0. The van der Waals surface area contributed by atoms with Crippen molar-refractivity contribution in [2.75, 3.05) is 31.2 Å². The predicted molar refractivity (Wildman–Crippen MR) is 70.0 cm³/mol. The van der Waals surface area contributed by atoms with Crippen LogP contribution in [0.15, 0.2) is 4.42 Å². The monoisotopic (exact) mass is 270 g/mol. The third kappa shape index (κ3) is 3.23. The highest BCUT2D eigenvalue weighted by Crippen LogP contribution is 2.22. The number of aromatic nitrogens is 2. The molecule has 2 rings (SSSR count). The molecule has 0 radical (unpaired) electrons. The number of morpholine rings is 1. The molecule has 1 aliphatic heterocycles. The summed E-state index contributed by atoms with van der Waals surface area (Å²) in [6.45, 7) is 8.01. The molecule has 0 spiro atoms. The van der Waals surface area contributed by atoms with E-state index >= 15 is 0 Å². The third-order valence-electron chi connectivity index (χ3n) is 3.27. The average molecular weight is 270 g/mol. The van der Waals surface area contributed by atoms with Gasteiger partial charge in [-0.2, -0.15) is 0 Å². The van der Waals surface area contributed by atoms with Gasteiger partial charge in [-0.1, -0.05) is 12.0 Å². The zero-order valence-corrected chi connectivity index (χ0v) is 11.7. The van der Waals surface area contributed by atoms with Crippen molar-refractivity contribution < 1.29 is 14.3 Å². The van der Waals surface area contributed by atoms with Gasteiger partial charge in [-0.3, -0.25) is 0 Å². The Morgan fingerprint density at radius 2 is 2.32 bits per heavy atom. The van der Waals surface area contributed by atoms with E-state index in [1.54, 1.807) is 0 Å². The van der Waals surface area contributed by atoms with Gasteiger partial charge < -0.3 is 24.5 Å². The van der Waals surface area contributed by atoms with Crippen LogP contribution in [0.4, 0.5) is 6.01 Å². The van der Waals surface area contributed by atoms with E-state index in [9.17, 15) is 5.11 Å². The number of aliphatic hydroxyl groups excluding tert-OH is 1. The molecular weight excluding hydrogens is 248 g/mol. The molecule has 19 heavy (non-hydrogen) atoms. The van der Waals surface area contributed by atoms with Crippen LogP contribution in [0.25, 0.3) is 0 Å². The Kier molecular flexibility index (Phi) is 4.73. The second kappa shape index (κ2) is 6.31. The SMILES string of the molecule is CCNC(C)c1nnc(N2CC(CO)OCC2C)o1. The fourth-order valence-corrected chi connectivity index (χ4v) is 2.11. The van der Waals surface area contributed by atoms with Crippen molar-refractivity contribution in [1.82, 2.24) is 15.5 Å². The molecular formula is C12H22N4O3. The van der Waals surface area contributed by atoms with Gasteiger partial charge in [0.05, 0.1) is 37.9 Å². The van der Waals surface area contributed by atoms with Crippen LogP contribution in [-0.2, 0) is 4.74 Å². The van der Waals surface area contributed by atoms with Crippen LogP contribution in [0.3, 0.4) is 0 Å². The van der Waals surface area contributed by atoms with E-state index in [0.29, 0.717) is 25.1 Å². The topological polar surface area (TPSA) is 83.7 Å². The maximum absolute atomic E-state index is 9.18. The lowest BCUT2D eigenvalue weighted by Gasteiger charge is -2.35. The average Bonchev–Trinajstić information content (AvgIpc) is 2.89. The molecule has 2 heterocycles. The Hall–Kier alpha value is -1.18. The Labute approximate surface area is 112 Å². The van der Waals surface area contributed by atoms with Crippen molar-refractivity contribution in [2.24, 2.45) is 0 Å². The fraction of sp³-hybridized carbons (Fsp3) is 0.833. The lowest BCUT2D eigenvalue weighted by atomic mass is 10.2. The maximum atomic E-state index is 9.18. The van der Waals surface area contributed by atoms with Crippen LogP contribution in [0.1, 0.15) is 32.7 Å². The number of aliphatic hydroxyl groups is 1. The molecule has 3 atom stereocenters. The number of ether oxygens (including phenoxy) is 1. The van der Waals surface area contributed by atoms with Crippen LogP contribution >= 0.6 is 0 Å². The van der Waals surface area contributed by atoms with Crippen LogP contribution < -0.4 is 10.2 Å². The Bertz CT molecular complexity index is 398. The quantitative estimate of drug-likeness (QED) is 0.797. The van der Waals surface area contributed by atoms with Gasteiger partial charge in [0.15, 0.2) is 0 Å². The highest BCUT2D eigenvalue weighted by Gasteiger charge is 2.29. The van der Waals surface area contributed by atoms with E-state index in [-0.39, 0.29) is 24.8 Å². The number of anilines is 1. The summed E-state index contributed by atoms with van der Waals surface area (Å²) in [5, 5.41) is 20.6.